The molecule has 1 aromatic heterocycles. The summed E-state index contributed by atoms with van der Waals surface area (Å²) in [4.78, 5) is 13.3. The summed E-state index contributed by atoms with van der Waals surface area (Å²) in [7, 11) is 3.32. The molecule has 1 amide bonds. The fourth-order valence-corrected chi connectivity index (χ4v) is 2.39. The predicted octanol–water partition coefficient (Wildman–Crippen LogP) is 2.50. The lowest BCUT2D eigenvalue weighted by Gasteiger charge is -2.19. The minimum Gasteiger partial charge on any atom is -0.372 e. The Labute approximate surface area is 102 Å². The second kappa shape index (κ2) is 5.63. The number of rotatable bonds is 4. The summed E-state index contributed by atoms with van der Waals surface area (Å²) in [6.45, 7) is 2.37. The first-order valence-electron chi connectivity index (χ1n) is 4.55. The Bertz CT molecular complexity index is 340. The first-order valence-corrected chi connectivity index (χ1v) is 6.22. The topological polar surface area (TPSA) is 29.5 Å². The molecular weight excluding hydrogens is 278 g/mol. The van der Waals surface area contributed by atoms with Gasteiger partial charge < -0.3 is 9.64 Å². The maximum absolute atomic E-state index is 11.7. The van der Waals surface area contributed by atoms with Crippen LogP contribution in [0.4, 0.5) is 0 Å². The quantitative estimate of drug-likeness (QED) is 0.853. The van der Waals surface area contributed by atoms with Crippen molar-refractivity contribution in [2.45, 2.75) is 19.6 Å². The zero-order valence-corrected chi connectivity index (χ0v) is 11.4. The Morgan fingerprint density at radius 1 is 1.73 bits per heavy atom. The smallest absolute Gasteiger partial charge is 0.251 e. The molecular formula is C10H14BrNO2S. The minimum absolute atomic E-state index is 0.000164. The van der Waals surface area contributed by atoms with E-state index < -0.39 is 0 Å². The van der Waals surface area contributed by atoms with Gasteiger partial charge >= 0.3 is 0 Å². The molecule has 84 valence electrons. The summed E-state index contributed by atoms with van der Waals surface area (Å²) in [6.07, 6.45) is -0.378. The SMILES string of the molecule is COC(C)C(=O)N(C)Cc1csc(Br)c1. The first-order chi connectivity index (χ1) is 7.04. The van der Waals surface area contributed by atoms with E-state index in [2.05, 4.69) is 15.9 Å². The monoisotopic (exact) mass is 291 g/mol. The molecule has 1 atom stereocenters. The Balaban J connectivity index is 2.55. The van der Waals surface area contributed by atoms with Gasteiger partial charge in [0.15, 0.2) is 0 Å². The van der Waals surface area contributed by atoms with E-state index in [-0.39, 0.29) is 12.0 Å². The van der Waals surface area contributed by atoms with Gasteiger partial charge in [-0.2, -0.15) is 0 Å². The van der Waals surface area contributed by atoms with E-state index in [4.69, 9.17) is 4.74 Å². The fourth-order valence-electron chi connectivity index (χ4n) is 1.19. The lowest BCUT2D eigenvalue weighted by Crippen LogP contribution is -2.35. The van der Waals surface area contributed by atoms with Gasteiger partial charge in [-0.15, -0.1) is 11.3 Å². The zero-order valence-electron chi connectivity index (χ0n) is 8.99. The van der Waals surface area contributed by atoms with Crippen molar-refractivity contribution in [2.24, 2.45) is 0 Å². The number of carbonyl (C=O) groups is 1. The van der Waals surface area contributed by atoms with Crippen molar-refractivity contribution < 1.29 is 9.53 Å². The van der Waals surface area contributed by atoms with Gasteiger partial charge in [-0.05, 0) is 39.9 Å². The Morgan fingerprint density at radius 3 is 2.87 bits per heavy atom. The molecule has 0 aromatic carbocycles. The number of methoxy groups -OCH3 is 1. The van der Waals surface area contributed by atoms with E-state index in [1.54, 1.807) is 30.2 Å². The predicted molar refractivity (Wildman–Crippen MR) is 65.0 cm³/mol. The Hall–Kier alpha value is -0.390. The molecule has 0 spiro atoms. The molecule has 0 aliphatic carbocycles. The number of thiophene rings is 1. The van der Waals surface area contributed by atoms with Crippen LogP contribution in [0, 0.1) is 0 Å². The second-order valence-corrected chi connectivity index (χ2v) is 5.62. The number of ether oxygens (including phenoxy) is 1. The third-order valence-electron chi connectivity index (χ3n) is 2.12. The highest BCUT2D eigenvalue weighted by molar-refractivity contribution is 9.11. The van der Waals surface area contributed by atoms with E-state index in [1.807, 2.05) is 11.4 Å². The first kappa shape index (κ1) is 12.7. The van der Waals surface area contributed by atoms with Crippen molar-refractivity contribution in [2.75, 3.05) is 14.2 Å². The van der Waals surface area contributed by atoms with E-state index in [9.17, 15) is 4.79 Å². The van der Waals surface area contributed by atoms with Crippen LogP contribution in [0.1, 0.15) is 12.5 Å². The van der Waals surface area contributed by atoms with Crippen LogP contribution in [0.25, 0.3) is 0 Å². The molecule has 1 unspecified atom stereocenters. The van der Waals surface area contributed by atoms with Crippen LogP contribution >= 0.6 is 27.3 Å². The molecule has 5 heteroatoms. The van der Waals surface area contributed by atoms with Crippen LogP contribution in [0.2, 0.25) is 0 Å². The third kappa shape index (κ3) is 3.59. The molecule has 0 aliphatic heterocycles. The number of likely N-dealkylation sites (N-methyl/N-ethyl adjacent to an activating group) is 1. The molecule has 0 bridgehead atoms. The third-order valence-corrected chi connectivity index (χ3v) is 3.67. The van der Waals surface area contributed by atoms with Crippen molar-refractivity contribution in [3.8, 4) is 0 Å². The van der Waals surface area contributed by atoms with Crippen LogP contribution in [-0.2, 0) is 16.1 Å². The van der Waals surface area contributed by atoms with Gasteiger partial charge in [0, 0.05) is 20.7 Å². The number of halogens is 1. The zero-order chi connectivity index (χ0) is 11.4. The summed E-state index contributed by atoms with van der Waals surface area (Å²) < 4.78 is 6.06. The minimum atomic E-state index is -0.378. The van der Waals surface area contributed by atoms with Gasteiger partial charge in [0.05, 0.1) is 3.79 Å². The molecule has 1 heterocycles. The summed E-state index contributed by atoms with van der Waals surface area (Å²) in [6, 6.07) is 2.02. The van der Waals surface area contributed by atoms with Crippen LogP contribution in [0.3, 0.4) is 0 Å². The molecule has 3 nitrogen and oxygen atoms in total. The highest BCUT2D eigenvalue weighted by Crippen LogP contribution is 2.21. The van der Waals surface area contributed by atoms with E-state index >= 15 is 0 Å². The summed E-state index contributed by atoms with van der Waals surface area (Å²) in [5.74, 6) is -0.000164. The van der Waals surface area contributed by atoms with Crippen LogP contribution < -0.4 is 0 Å². The number of carbonyl (C=O) groups excluding carboxylic acids is 1. The standard InChI is InChI=1S/C10H14BrNO2S/c1-7(14-3)10(13)12(2)5-8-4-9(11)15-6-8/h4,6-7H,5H2,1-3H3. The number of hydrogen-bond acceptors (Lipinski definition) is 3. The molecule has 15 heavy (non-hydrogen) atoms. The second-order valence-electron chi connectivity index (χ2n) is 3.33. The van der Waals surface area contributed by atoms with Gasteiger partial charge in [0.1, 0.15) is 6.10 Å². The largest absolute Gasteiger partial charge is 0.372 e. The van der Waals surface area contributed by atoms with E-state index in [0.717, 1.165) is 9.35 Å². The van der Waals surface area contributed by atoms with Crippen LogP contribution in [0.15, 0.2) is 15.2 Å². The summed E-state index contributed by atoms with van der Waals surface area (Å²) in [5, 5.41) is 2.03. The lowest BCUT2D eigenvalue weighted by atomic mass is 10.3. The van der Waals surface area contributed by atoms with Crippen molar-refractivity contribution in [1.82, 2.24) is 4.90 Å². The summed E-state index contributed by atoms with van der Waals surface area (Å²) >= 11 is 5.01. The molecule has 0 aliphatic rings. The molecule has 0 radical (unpaired) electrons. The average molecular weight is 292 g/mol. The molecule has 0 saturated heterocycles. The molecule has 1 aromatic rings. The number of amides is 1. The van der Waals surface area contributed by atoms with Gasteiger partial charge in [-0.25, -0.2) is 0 Å². The van der Waals surface area contributed by atoms with E-state index in [1.165, 1.54) is 7.11 Å². The normalized spacial score (nSPS) is 12.5. The van der Waals surface area contributed by atoms with Crippen LogP contribution in [0.5, 0.6) is 0 Å². The fraction of sp³-hybridized carbons (Fsp3) is 0.500. The van der Waals surface area contributed by atoms with Gasteiger partial charge in [-0.3, -0.25) is 4.79 Å². The Kier molecular flexibility index (Phi) is 4.76. The van der Waals surface area contributed by atoms with Gasteiger partial charge in [0.2, 0.25) is 0 Å². The van der Waals surface area contributed by atoms with Crippen molar-refractivity contribution >= 4 is 33.2 Å². The van der Waals surface area contributed by atoms with Crippen molar-refractivity contribution in [1.29, 1.82) is 0 Å². The van der Waals surface area contributed by atoms with Crippen molar-refractivity contribution in [3.63, 3.8) is 0 Å². The van der Waals surface area contributed by atoms with Crippen LogP contribution in [-0.4, -0.2) is 31.1 Å². The van der Waals surface area contributed by atoms with E-state index in [0.29, 0.717) is 6.54 Å². The maximum Gasteiger partial charge on any atom is 0.251 e. The Morgan fingerprint density at radius 2 is 2.40 bits per heavy atom. The number of hydrogen-bond donors (Lipinski definition) is 0. The molecule has 0 fully saturated rings. The molecule has 0 saturated carbocycles. The highest BCUT2D eigenvalue weighted by atomic mass is 79.9. The lowest BCUT2D eigenvalue weighted by molar-refractivity contribution is -0.140. The maximum atomic E-state index is 11.7. The molecule has 0 N–H and O–H groups in total. The average Bonchev–Trinajstić information content (AvgIpc) is 2.61. The van der Waals surface area contributed by atoms with Gasteiger partial charge in [0.25, 0.3) is 5.91 Å². The summed E-state index contributed by atoms with van der Waals surface area (Å²) in [5.41, 5.74) is 1.13. The van der Waals surface area contributed by atoms with Crippen molar-refractivity contribution in [3.05, 3.63) is 20.8 Å². The highest BCUT2D eigenvalue weighted by Gasteiger charge is 2.16. The van der Waals surface area contributed by atoms with Gasteiger partial charge in [-0.1, -0.05) is 0 Å². The number of nitrogens with zero attached hydrogens (tertiary/aromatic N) is 1. The molecule has 1 rings (SSSR count).